The third-order valence-corrected chi connectivity index (χ3v) is 5.53. The van der Waals surface area contributed by atoms with Crippen LogP contribution in [0.15, 0.2) is 35.3 Å². The lowest BCUT2D eigenvalue weighted by molar-refractivity contribution is -0.130. The van der Waals surface area contributed by atoms with Crippen LogP contribution in [-0.4, -0.2) is 74.5 Å². The van der Waals surface area contributed by atoms with Gasteiger partial charge in [0.15, 0.2) is 5.96 Å². The molecule has 6 heteroatoms. The summed E-state index contributed by atoms with van der Waals surface area (Å²) in [4.78, 5) is 23.6. The number of anilines is 1. The molecule has 0 aliphatic carbocycles. The van der Waals surface area contributed by atoms with Gasteiger partial charge >= 0.3 is 0 Å². The van der Waals surface area contributed by atoms with Gasteiger partial charge in [0.2, 0.25) is 5.91 Å². The smallest absolute Gasteiger partial charge is 0.242 e. The molecule has 1 amide bonds. The summed E-state index contributed by atoms with van der Waals surface area (Å²) in [5, 5.41) is 3.29. The molecule has 6 nitrogen and oxygen atoms in total. The average molecular weight is 372 g/mol. The van der Waals surface area contributed by atoms with E-state index in [1.807, 2.05) is 11.0 Å². The summed E-state index contributed by atoms with van der Waals surface area (Å²) < 4.78 is 0. The van der Waals surface area contributed by atoms with E-state index < -0.39 is 0 Å². The molecule has 0 radical (unpaired) electrons. The number of likely N-dealkylation sites (tertiary alicyclic amines) is 1. The second-order valence-electron chi connectivity index (χ2n) is 7.96. The van der Waals surface area contributed by atoms with Crippen LogP contribution >= 0.6 is 0 Å². The van der Waals surface area contributed by atoms with E-state index in [0.29, 0.717) is 18.4 Å². The Morgan fingerprint density at radius 2 is 1.67 bits per heavy atom. The summed E-state index contributed by atoms with van der Waals surface area (Å²) in [6.07, 6.45) is 1.26. The Balaban J connectivity index is 1.46. The zero-order valence-electron chi connectivity index (χ0n) is 16.9. The Bertz CT molecular complexity index is 629. The van der Waals surface area contributed by atoms with Crippen LogP contribution in [0, 0.1) is 11.8 Å². The molecule has 1 aromatic carbocycles. The number of rotatable bonds is 3. The van der Waals surface area contributed by atoms with Crippen LogP contribution in [0.5, 0.6) is 0 Å². The Labute approximate surface area is 163 Å². The minimum atomic E-state index is 0.155. The number of piperazine rings is 1. The van der Waals surface area contributed by atoms with E-state index in [4.69, 9.17) is 0 Å². The van der Waals surface area contributed by atoms with Crippen molar-refractivity contribution in [3.05, 3.63) is 30.3 Å². The van der Waals surface area contributed by atoms with Crippen molar-refractivity contribution >= 4 is 17.6 Å². The maximum absolute atomic E-state index is 12.6. The first-order valence-electron chi connectivity index (χ1n) is 10.1. The number of hydrogen-bond acceptors (Lipinski definition) is 3. The second kappa shape index (κ2) is 9.11. The third kappa shape index (κ3) is 5.15. The molecular formula is C21H33N5O. The fourth-order valence-corrected chi connectivity index (χ4v) is 4.29. The Hall–Kier alpha value is -2.24. The summed E-state index contributed by atoms with van der Waals surface area (Å²) in [5.41, 5.74) is 1.23. The van der Waals surface area contributed by atoms with E-state index in [0.717, 1.165) is 45.2 Å². The molecule has 2 aliphatic heterocycles. The molecule has 2 unspecified atom stereocenters. The number of benzene rings is 1. The molecule has 3 rings (SSSR count). The molecule has 0 aromatic heterocycles. The Morgan fingerprint density at radius 3 is 2.26 bits per heavy atom. The topological polar surface area (TPSA) is 51.2 Å². The lowest BCUT2D eigenvalue weighted by Gasteiger charge is -2.38. The lowest BCUT2D eigenvalue weighted by atomic mass is 9.92. The van der Waals surface area contributed by atoms with Crippen LogP contribution in [-0.2, 0) is 4.79 Å². The number of aliphatic imine (C=N–C) groups is 1. The summed E-state index contributed by atoms with van der Waals surface area (Å²) in [5.74, 6) is 2.33. The Kier molecular flexibility index (Phi) is 6.58. The van der Waals surface area contributed by atoms with Gasteiger partial charge < -0.3 is 20.0 Å². The fourth-order valence-electron chi connectivity index (χ4n) is 4.29. The van der Waals surface area contributed by atoms with E-state index in [-0.39, 0.29) is 5.91 Å². The van der Waals surface area contributed by atoms with Crippen LogP contribution < -0.4 is 10.2 Å². The molecule has 2 atom stereocenters. The van der Waals surface area contributed by atoms with Crippen molar-refractivity contribution in [1.29, 1.82) is 0 Å². The quantitative estimate of drug-likeness (QED) is 0.651. The highest BCUT2D eigenvalue weighted by Crippen LogP contribution is 2.21. The summed E-state index contributed by atoms with van der Waals surface area (Å²) >= 11 is 0. The van der Waals surface area contributed by atoms with E-state index in [1.165, 1.54) is 12.1 Å². The van der Waals surface area contributed by atoms with Crippen molar-refractivity contribution in [2.24, 2.45) is 16.8 Å². The van der Waals surface area contributed by atoms with E-state index in [2.05, 4.69) is 58.2 Å². The number of piperidine rings is 1. The van der Waals surface area contributed by atoms with Gasteiger partial charge in [0, 0.05) is 52.0 Å². The third-order valence-electron chi connectivity index (χ3n) is 5.53. The number of para-hydroxylation sites is 1. The number of nitrogens with zero attached hydrogens (tertiary/aromatic N) is 4. The van der Waals surface area contributed by atoms with Gasteiger partial charge in [-0.15, -0.1) is 0 Å². The lowest BCUT2D eigenvalue weighted by Crippen LogP contribution is -2.53. The van der Waals surface area contributed by atoms with Gasteiger partial charge in [-0.1, -0.05) is 32.0 Å². The fraction of sp³-hybridized carbons (Fsp3) is 0.619. The summed E-state index contributed by atoms with van der Waals surface area (Å²) in [7, 11) is 1.80. The Morgan fingerprint density at radius 1 is 1.04 bits per heavy atom. The van der Waals surface area contributed by atoms with E-state index in [9.17, 15) is 4.79 Å². The molecule has 2 fully saturated rings. The molecule has 0 saturated carbocycles. The SMILES string of the molecule is CN=C(NCC(=O)N1CCN(c2ccccc2)CC1)N1CC(C)CC(C)C1. The largest absolute Gasteiger partial charge is 0.368 e. The molecule has 2 aliphatic rings. The minimum absolute atomic E-state index is 0.155. The van der Waals surface area contributed by atoms with Crippen LogP contribution in [0.4, 0.5) is 5.69 Å². The van der Waals surface area contributed by atoms with Crippen LogP contribution in [0.1, 0.15) is 20.3 Å². The first kappa shape index (κ1) is 19.5. The molecular weight excluding hydrogens is 338 g/mol. The predicted molar refractivity (Wildman–Crippen MR) is 111 cm³/mol. The number of nitrogens with one attached hydrogen (secondary N) is 1. The van der Waals surface area contributed by atoms with Gasteiger partial charge in [-0.25, -0.2) is 0 Å². The molecule has 1 aromatic rings. The van der Waals surface area contributed by atoms with Crippen LogP contribution in [0.3, 0.4) is 0 Å². The first-order chi connectivity index (χ1) is 13.1. The van der Waals surface area contributed by atoms with Crippen molar-refractivity contribution in [2.75, 3.05) is 57.8 Å². The molecule has 27 heavy (non-hydrogen) atoms. The number of carbonyl (C=O) groups is 1. The molecule has 2 saturated heterocycles. The molecule has 2 heterocycles. The minimum Gasteiger partial charge on any atom is -0.368 e. The molecule has 0 spiro atoms. The first-order valence-corrected chi connectivity index (χ1v) is 10.1. The molecule has 1 N–H and O–H groups in total. The van der Waals surface area contributed by atoms with Crippen LogP contribution in [0.2, 0.25) is 0 Å². The molecule has 148 valence electrons. The number of guanidine groups is 1. The summed E-state index contributed by atoms with van der Waals surface area (Å²) in [6.45, 7) is 10.2. The monoisotopic (exact) mass is 371 g/mol. The van der Waals surface area contributed by atoms with Gasteiger partial charge in [0.25, 0.3) is 0 Å². The van der Waals surface area contributed by atoms with Gasteiger partial charge in [-0.3, -0.25) is 9.79 Å². The highest BCUT2D eigenvalue weighted by atomic mass is 16.2. The van der Waals surface area contributed by atoms with E-state index in [1.54, 1.807) is 7.05 Å². The number of hydrogen-bond donors (Lipinski definition) is 1. The zero-order valence-corrected chi connectivity index (χ0v) is 16.9. The van der Waals surface area contributed by atoms with Gasteiger partial charge in [0.1, 0.15) is 0 Å². The normalized spacial score (nSPS) is 24.1. The summed E-state index contributed by atoms with van der Waals surface area (Å²) in [6, 6.07) is 10.4. The number of carbonyl (C=O) groups excluding carboxylic acids is 1. The van der Waals surface area contributed by atoms with Gasteiger partial charge in [0.05, 0.1) is 6.54 Å². The predicted octanol–water partition coefficient (Wildman–Crippen LogP) is 1.89. The van der Waals surface area contributed by atoms with Crippen LogP contribution in [0.25, 0.3) is 0 Å². The van der Waals surface area contributed by atoms with Gasteiger partial charge in [-0.05, 0) is 30.4 Å². The van der Waals surface area contributed by atoms with Crippen molar-refractivity contribution in [2.45, 2.75) is 20.3 Å². The standard InChI is InChI=1S/C21H33N5O/c1-17-13-18(2)16-26(15-17)21(22-3)23-14-20(27)25-11-9-24(10-12-25)19-7-5-4-6-8-19/h4-8,17-18H,9-16H2,1-3H3,(H,22,23). The maximum atomic E-state index is 12.6. The highest BCUT2D eigenvalue weighted by Gasteiger charge is 2.25. The van der Waals surface area contributed by atoms with Crippen molar-refractivity contribution < 1.29 is 4.79 Å². The van der Waals surface area contributed by atoms with E-state index >= 15 is 0 Å². The van der Waals surface area contributed by atoms with Crippen molar-refractivity contribution in [1.82, 2.24) is 15.1 Å². The average Bonchev–Trinajstić information content (AvgIpc) is 2.68. The zero-order chi connectivity index (χ0) is 19.2. The van der Waals surface area contributed by atoms with Gasteiger partial charge in [-0.2, -0.15) is 0 Å². The highest BCUT2D eigenvalue weighted by molar-refractivity contribution is 5.86. The van der Waals surface area contributed by atoms with Crippen molar-refractivity contribution in [3.8, 4) is 0 Å². The maximum Gasteiger partial charge on any atom is 0.242 e. The molecule has 0 bridgehead atoms. The second-order valence-corrected chi connectivity index (χ2v) is 7.96. The van der Waals surface area contributed by atoms with Crippen molar-refractivity contribution in [3.63, 3.8) is 0 Å². The number of amides is 1.